The van der Waals surface area contributed by atoms with Crippen LogP contribution < -0.4 is 0 Å². The summed E-state index contributed by atoms with van der Waals surface area (Å²) in [6, 6.07) is 0. The first-order valence-electron chi connectivity index (χ1n) is 41.5. The highest BCUT2D eigenvalue weighted by atomic mass is 16.4. The minimum atomic E-state index is -0.518. The molecule has 1 N–H and O–H groups in total. The highest BCUT2D eigenvalue weighted by Crippen LogP contribution is 2.45. The standard InChI is InChI=1S/C84H166O2/c1-5-9-13-17-21-25-29-32-35-38-39-40-41-42-43-44-45-46-47-48-49-50-51-52-54-57-60-63-67-71-75-79-82(78-74-70-66-62-59-56-53-36-33-30-26-22-18-14-10-6-2)84(83(85)86,80-76-72-68-64-28-24-20-16-12-8-4)81-77-73-69-65-61-58-55-37-34-31-27-23-19-15-11-7-3/h32,35,82H,5-31,33-34,36-81H2,1-4H3,(H,85,86)/b35-32-. The third-order valence-corrected chi connectivity index (χ3v) is 20.9. The maximum atomic E-state index is 14.0. The molecule has 0 amide bonds. The lowest BCUT2D eigenvalue weighted by Gasteiger charge is -2.38. The van der Waals surface area contributed by atoms with Gasteiger partial charge < -0.3 is 5.11 Å². The second-order valence-corrected chi connectivity index (χ2v) is 29.3. The summed E-state index contributed by atoms with van der Waals surface area (Å²) >= 11 is 0. The molecule has 0 saturated heterocycles. The number of carboxylic acids is 1. The fraction of sp³-hybridized carbons (Fsp3) is 0.964. The Kier molecular flexibility index (Phi) is 74.2. The zero-order chi connectivity index (χ0) is 62.1. The lowest BCUT2D eigenvalue weighted by Crippen LogP contribution is -2.39. The molecule has 0 bridgehead atoms. The molecule has 2 heteroatoms. The second kappa shape index (κ2) is 74.9. The average Bonchev–Trinajstić information content (AvgIpc) is 2.23. The predicted molar refractivity (Wildman–Crippen MR) is 392 cm³/mol. The van der Waals surface area contributed by atoms with E-state index in [1.54, 1.807) is 0 Å². The molecule has 2 nitrogen and oxygen atoms in total. The third kappa shape index (κ3) is 63.4. The van der Waals surface area contributed by atoms with Gasteiger partial charge in [0.05, 0.1) is 5.41 Å². The van der Waals surface area contributed by atoms with E-state index in [0.717, 1.165) is 38.5 Å². The first-order chi connectivity index (χ1) is 42.6. The number of carbonyl (C=O) groups is 1. The van der Waals surface area contributed by atoms with Crippen molar-refractivity contribution in [3.63, 3.8) is 0 Å². The normalized spacial score (nSPS) is 13.0. The monoisotopic (exact) mass is 1210 g/mol. The van der Waals surface area contributed by atoms with Gasteiger partial charge in [0, 0.05) is 0 Å². The Morgan fingerprint density at radius 1 is 0.233 bits per heavy atom. The quantitative estimate of drug-likeness (QED) is 0.0487. The molecule has 86 heavy (non-hydrogen) atoms. The van der Waals surface area contributed by atoms with Crippen LogP contribution in [-0.2, 0) is 4.79 Å². The van der Waals surface area contributed by atoms with Gasteiger partial charge in [0.2, 0.25) is 0 Å². The van der Waals surface area contributed by atoms with Gasteiger partial charge in [-0.1, -0.05) is 470 Å². The summed E-state index contributed by atoms with van der Waals surface area (Å²) in [5, 5.41) is 11.5. The van der Waals surface area contributed by atoms with Gasteiger partial charge in [0.15, 0.2) is 0 Å². The van der Waals surface area contributed by atoms with Gasteiger partial charge in [-0.25, -0.2) is 0 Å². The molecule has 0 saturated carbocycles. The van der Waals surface area contributed by atoms with Crippen molar-refractivity contribution in [3.05, 3.63) is 12.2 Å². The van der Waals surface area contributed by atoms with E-state index in [2.05, 4.69) is 39.8 Å². The van der Waals surface area contributed by atoms with Gasteiger partial charge in [-0.3, -0.25) is 4.79 Å². The third-order valence-electron chi connectivity index (χ3n) is 20.9. The molecule has 514 valence electrons. The first kappa shape index (κ1) is 85.2. The van der Waals surface area contributed by atoms with Crippen LogP contribution in [0.1, 0.15) is 509 Å². The molecular weight excluding hydrogens is 1040 g/mol. The van der Waals surface area contributed by atoms with E-state index in [0.29, 0.717) is 5.92 Å². The number of allylic oxidation sites excluding steroid dienone is 2. The molecule has 0 fully saturated rings. The topological polar surface area (TPSA) is 37.3 Å². The van der Waals surface area contributed by atoms with Crippen molar-refractivity contribution in [2.45, 2.75) is 509 Å². The van der Waals surface area contributed by atoms with Crippen molar-refractivity contribution in [1.82, 2.24) is 0 Å². The van der Waals surface area contributed by atoms with E-state index in [-0.39, 0.29) is 0 Å². The van der Waals surface area contributed by atoms with E-state index >= 15 is 0 Å². The van der Waals surface area contributed by atoms with Crippen molar-refractivity contribution in [2.75, 3.05) is 0 Å². The number of hydrogen-bond acceptors (Lipinski definition) is 1. The summed E-state index contributed by atoms with van der Waals surface area (Å²) in [7, 11) is 0. The smallest absolute Gasteiger partial charge is 0.309 e. The minimum Gasteiger partial charge on any atom is -0.481 e. The Hall–Kier alpha value is -0.790. The van der Waals surface area contributed by atoms with E-state index in [4.69, 9.17) is 0 Å². The summed E-state index contributed by atoms with van der Waals surface area (Å²) in [5.41, 5.74) is -0.518. The van der Waals surface area contributed by atoms with Gasteiger partial charge in [0.1, 0.15) is 0 Å². The van der Waals surface area contributed by atoms with Gasteiger partial charge in [0.25, 0.3) is 0 Å². The fourth-order valence-corrected chi connectivity index (χ4v) is 14.8. The number of aliphatic carboxylic acids is 1. The lowest BCUT2D eigenvalue weighted by atomic mass is 9.65. The fourth-order valence-electron chi connectivity index (χ4n) is 14.8. The van der Waals surface area contributed by atoms with Crippen LogP contribution in [0.5, 0.6) is 0 Å². The molecular formula is C84H166O2. The van der Waals surface area contributed by atoms with Crippen molar-refractivity contribution in [1.29, 1.82) is 0 Å². The molecule has 0 spiro atoms. The van der Waals surface area contributed by atoms with Crippen LogP contribution in [0, 0.1) is 11.3 Å². The Balaban J connectivity index is 4.90. The molecule has 2 atom stereocenters. The van der Waals surface area contributed by atoms with Crippen LogP contribution in [-0.4, -0.2) is 11.1 Å². The van der Waals surface area contributed by atoms with Crippen LogP contribution >= 0.6 is 0 Å². The molecule has 0 radical (unpaired) electrons. The Labute approximate surface area is 545 Å². The summed E-state index contributed by atoms with van der Waals surface area (Å²) in [6.45, 7) is 9.25. The highest BCUT2D eigenvalue weighted by Gasteiger charge is 2.44. The van der Waals surface area contributed by atoms with Crippen molar-refractivity contribution in [3.8, 4) is 0 Å². The first-order valence-corrected chi connectivity index (χ1v) is 41.5. The van der Waals surface area contributed by atoms with Gasteiger partial charge >= 0.3 is 5.97 Å². The number of hydrogen-bond donors (Lipinski definition) is 1. The summed E-state index contributed by atoms with van der Waals surface area (Å²) in [5.74, 6) is -0.0706. The summed E-state index contributed by atoms with van der Waals surface area (Å²) in [6.07, 6.45) is 108. The Morgan fingerprint density at radius 2 is 0.384 bits per heavy atom. The number of carboxylic acid groups (broad SMARTS) is 1. The van der Waals surface area contributed by atoms with Crippen LogP contribution in [0.15, 0.2) is 12.2 Å². The maximum Gasteiger partial charge on any atom is 0.309 e. The molecule has 0 aromatic carbocycles. The average molecular weight is 1210 g/mol. The highest BCUT2D eigenvalue weighted by molar-refractivity contribution is 5.75. The van der Waals surface area contributed by atoms with Crippen molar-refractivity contribution >= 4 is 5.97 Å². The van der Waals surface area contributed by atoms with Gasteiger partial charge in [-0.15, -0.1) is 0 Å². The lowest BCUT2D eigenvalue weighted by molar-refractivity contribution is -0.155. The molecule has 0 aromatic heterocycles. The molecule has 0 heterocycles. The predicted octanol–water partition coefficient (Wildman–Crippen LogP) is 31.6. The molecule has 0 rings (SSSR count). The van der Waals surface area contributed by atoms with E-state index < -0.39 is 11.4 Å². The van der Waals surface area contributed by atoms with Gasteiger partial charge in [-0.2, -0.15) is 0 Å². The Bertz CT molecular complexity index is 1250. The molecule has 0 aromatic rings. The van der Waals surface area contributed by atoms with E-state index in [1.165, 1.54) is 443 Å². The summed E-state index contributed by atoms with van der Waals surface area (Å²) in [4.78, 5) is 14.0. The van der Waals surface area contributed by atoms with Crippen LogP contribution in [0.2, 0.25) is 0 Å². The second-order valence-electron chi connectivity index (χ2n) is 29.3. The SMILES string of the molecule is CCCCCCCC/C=C\CCCCCCCCCCCCCCCCCCCCCCCC(CCCCCCCCCCCCCCCCCC)C(CCCCCCCCCCCC)(CCCCCCCCCCCCCCCCCC)C(=O)O. The van der Waals surface area contributed by atoms with Crippen molar-refractivity contribution in [2.24, 2.45) is 11.3 Å². The number of unbranched alkanes of at least 4 members (excludes halogenated alkanes) is 66. The zero-order valence-electron chi connectivity index (χ0n) is 60.6. The van der Waals surface area contributed by atoms with Crippen LogP contribution in [0.3, 0.4) is 0 Å². The largest absolute Gasteiger partial charge is 0.481 e. The molecule has 0 aliphatic rings. The van der Waals surface area contributed by atoms with Crippen LogP contribution in [0.25, 0.3) is 0 Å². The molecule has 0 aliphatic carbocycles. The minimum absolute atomic E-state index is 0.351. The maximum absolute atomic E-state index is 14.0. The van der Waals surface area contributed by atoms with Crippen LogP contribution in [0.4, 0.5) is 0 Å². The van der Waals surface area contributed by atoms with E-state index in [1.807, 2.05) is 0 Å². The Morgan fingerprint density at radius 3 is 0.558 bits per heavy atom. The number of rotatable bonds is 78. The van der Waals surface area contributed by atoms with Gasteiger partial charge in [-0.05, 0) is 57.3 Å². The van der Waals surface area contributed by atoms with Crippen molar-refractivity contribution < 1.29 is 9.90 Å². The molecule has 2 unspecified atom stereocenters. The zero-order valence-corrected chi connectivity index (χ0v) is 60.6. The molecule has 0 aliphatic heterocycles. The summed E-state index contributed by atoms with van der Waals surface area (Å²) < 4.78 is 0. The van der Waals surface area contributed by atoms with E-state index in [9.17, 15) is 9.90 Å².